The predicted octanol–water partition coefficient (Wildman–Crippen LogP) is 4.03. The highest BCUT2D eigenvalue weighted by molar-refractivity contribution is 7.91. The number of carbonyl (C=O) groups is 1. The van der Waals surface area contributed by atoms with Gasteiger partial charge in [-0.25, -0.2) is 8.42 Å². The first-order valence-corrected chi connectivity index (χ1v) is 12.6. The third-order valence-electron chi connectivity index (χ3n) is 4.99. The Bertz CT molecular complexity index is 976. The van der Waals surface area contributed by atoms with Gasteiger partial charge in [0.1, 0.15) is 9.97 Å². The van der Waals surface area contributed by atoms with E-state index in [2.05, 4.69) is 0 Å². The zero-order valence-corrected chi connectivity index (χ0v) is 18.2. The maximum absolute atomic E-state index is 13.4. The molecule has 29 heavy (non-hydrogen) atoms. The smallest absolute Gasteiger partial charge is 0.252 e. The summed E-state index contributed by atoms with van der Waals surface area (Å²) < 4.78 is 33.0. The van der Waals surface area contributed by atoms with Crippen molar-refractivity contribution in [3.05, 3.63) is 64.1 Å². The van der Waals surface area contributed by atoms with E-state index in [1.165, 1.54) is 15.6 Å². The van der Waals surface area contributed by atoms with Crippen LogP contribution in [-0.2, 0) is 27.9 Å². The minimum absolute atomic E-state index is 0.0270. The summed E-state index contributed by atoms with van der Waals surface area (Å²) in [5, 5.41) is 3.74. The molecule has 0 bridgehead atoms. The number of hydrogen-bond donors (Lipinski definition) is 0. The molecule has 3 aromatic heterocycles. The summed E-state index contributed by atoms with van der Waals surface area (Å²) in [7, 11) is -3.55. The van der Waals surface area contributed by atoms with Crippen LogP contribution in [0.1, 0.15) is 23.5 Å². The Morgan fingerprint density at radius 2 is 1.97 bits per heavy atom. The van der Waals surface area contributed by atoms with Crippen molar-refractivity contribution in [2.75, 3.05) is 13.1 Å². The normalized spacial score (nSPS) is 18.0. The number of sulfonamides is 1. The minimum atomic E-state index is -3.55. The van der Waals surface area contributed by atoms with Gasteiger partial charge in [0.05, 0.1) is 25.3 Å². The molecule has 1 aliphatic rings. The second kappa shape index (κ2) is 8.83. The van der Waals surface area contributed by atoms with Crippen molar-refractivity contribution in [1.82, 2.24) is 9.21 Å². The van der Waals surface area contributed by atoms with Crippen molar-refractivity contribution in [3.63, 3.8) is 0 Å². The molecule has 0 radical (unpaired) electrons. The standard InChI is InChI=1S/C20H22N2O4S3/c23-20(21(14-17-6-2-10-26-17)15-18-7-3-11-27-18)16-5-1-9-22(13-16)29(24,25)19-8-4-12-28-19/h2-4,6-8,10-12,16H,1,5,9,13-15H2. The molecule has 1 aliphatic heterocycles. The molecular weight excluding hydrogens is 428 g/mol. The molecule has 154 valence electrons. The van der Waals surface area contributed by atoms with Crippen LogP contribution in [0.4, 0.5) is 0 Å². The fourth-order valence-electron chi connectivity index (χ4n) is 3.55. The molecule has 1 atom stereocenters. The molecule has 1 amide bonds. The van der Waals surface area contributed by atoms with Gasteiger partial charge >= 0.3 is 0 Å². The fraction of sp³-hybridized carbons (Fsp3) is 0.350. The molecule has 0 N–H and O–H groups in total. The van der Waals surface area contributed by atoms with Gasteiger partial charge in [-0.1, -0.05) is 12.1 Å². The van der Waals surface area contributed by atoms with E-state index in [9.17, 15) is 13.2 Å². The molecule has 1 unspecified atom stereocenters. The highest BCUT2D eigenvalue weighted by Gasteiger charge is 2.35. The largest absolute Gasteiger partial charge is 0.467 e. The van der Waals surface area contributed by atoms with Gasteiger partial charge in [0, 0.05) is 18.0 Å². The van der Waals surface area contributed by atoms with Crippen LogP contribution in [0.3, 0.4) is 0 Å². The molecule has 1 saturated heterocycles. The number of nitrogens with zero attached hydrogens (tertiary/aromatic N) is 2. The number of piperidine rings is 1. The lowest BCUT2D eigenvalue weighted by molar-refractivity contribution is -0.138. The minimum Gasteiger partial charge on any atom is -0.467 e. The average Bonchev–Trinajstić information content (AvgIpc) is 3.50. The van der Waals surface area contributed by atoms with E-state index in [1.807, 2.05) is 23.6 Å². The summed E-state index contributed by atoms with van der Waals surface area (Å²) in [6, 6.07) is 11.0. The second-order valence-electron chi connectivity index (χ2n) is 6.99. The second-order valence-corrected chi connectivity index (χ2v) is 11.1. The predicted molar refractivity (Wildman–Crippen MR) is 113 cm³/mol. The molecule has 0 aliphatic carbocycles. The van der Waals surface area contributed by atoms with E-state index in [0.717, 1.165) is 4.88 Å². The molecule has 3 aromatic rings. The van der Waals surface area contributed by atoms with Crippen molar-refractivity contribution in [3.8, 4) is 0 Å². The first-order chi connectivity index (χ1) is 14.0. The van der Waals surface area contributed by atoms with E-state index in [1.54, 1.807) is 46.1 Å². The highest BCUT2D eigenvalue weighted by Crippen LogP contribution is 2.28. The molecule has 9 heteroatoms. The average molecular weight is 451 g/mol. The molecule has 4 rings (SSSR count). The Balaban J connectivity index is 1.51. The van der Waals surface area contributed by atoms with Gasteiger partial charge in [-0.05, 0) is 47.9 Å². The summed E-state index contributed by atoms with van der Waals surface area (Å²) in [6.45, 7) is 1.54. The fourth-order valence-corrected chi connectivity index (χ4v) is 6.94. The lowest BCUT2D eigenvalue weighted by Crippen LogP contribution is -2.46. The van der Waals surface area contributed by atoms with E-state index in [0.29, 0.717) is 42.4 Å². The summed E-state index contributed by atoms with van der Waals surface area (Å²) in [5.74, 6) is 0.336. The first kappa shape index (κ1) is 20.3. The number of hydrogen-bond acceptors (Lipinski definition) is 6. The lowest BCUT2D eigenvalue weighted by atomic mass is 9.98. The van der Waals surface area contributed by atoms with Crippen molar-refractivity contribution in [2.45, 2.75) is 30.1 Å². The van der Waals surface area contributed by atoms with Crippen LogP contribution in [0.2, 0.25) is 0 Å². The maximum Gasteiger partial charge on any atom is 0.252 e. The monoisotopic (exact) mass is 450 g/mol. The Morgan fingerprint density at radius 1 is 1.14 bits per heavy atom. The van der Waals surface area contributed by atoms with Crippen LogP contribution in [0, 0.1) is 5.92 Å². The van der Waals surface area contributed by atoms with E-state index in [4.69, 9.17) is 4.42 Å². The van der Waals surface area contributed by atoms with Crippen LogP contribution in [0.5, 0.6) is 0 Å². The van der Waals surface area contributed by atoms with Gasteiger partial charge in [-0.15, -0.1) is 22.7 Å². The highest BCUT2D eigenvalue weighted by atomic mass is 32.2. The number of rotatable bonds is 7. The number of amides is 1. The summed E-state index contributed by atoms with van der Waals surface area (Å²) in [6.07, 6.45) is 2.96. The Morgan fingerprint density at radius 3 is 2.66 bits per heavy atom. The van der Waals surface area contributed by atoms with Crippen molar-refractivity contribution in [2.24, 2.45) is 5.92 Å². The third-order valence-corrected chi connectivity index (χ3v) is 9.09. The van der Waals surface area contributed by atoms with Crippen LogP contribution >= 0.6 is 22.7 Å². The van der Waals surface area contributed by atoms with Gasteiger partial charge in [-0.3, -0.25) is 4.79 Å². The summed E-state index contributed by atoms with van der Waals surface area (Å²) in [4.78, 5) is 16.2. The van der Waals surface area contributed by atoms with E-state index >= 15 is 0 Å². The number of carbonyl (C=O) groups excluding carboxylic acids is 1. The summed E-state index contributed by atoms with van der Waals surface area (Å²) >= 11 is 2.81. The molecule has 4 heterocycles. The zero-order valence-electron chi connectivity index (χ0n) is 15.8. The van der Waals surface area contributed by atoms with Crippen molar-refractivity contribution >= 4 is 38.6 Å². The van der Waals surface area contributed by atoms with Crippen LogP contribution in [0.25, 0.3) is 0 Å². The molecule has 6 nitrogen and oxygen atoms in total. The van der Waals surface area contributed by atoms with Crippen molar-refractivity contribution in [1.29, 1.82) is 0 Å². The van der Waals surface area contributed by atoms with Crippen LogP contribution < -0.4 is 0 Å². The Hall–Kier alpha value is -1.94. The summed E-state index contributed by atoms with van der Waals surface area (Å²) in [5.41, 5.74) is 0. The van der Waals surface area contributed by atoms with E-state index in [-0.39, 0.29) is 18.4 Å². The van der Waals surface area contributed by atoms with Crippen LogP contribution in [-0.4, -0.2) is 36.6 Å². The van der Waals surface area contributed by atoms with Gasteiger partial charge in [0.25, 0.3) is 10.0 Å². The maximum atomic E-state index is 13.4. The van der Waals surface area contributed by atoms with E-state index < -0.39 is 10.0 Å². The first-order valence-electron chi connectivity index (χ1n) is 9.41. The number of furan rings is 1. The van der Waals surface area contributed by atoms with Crippen LogP contribution in [0.15, 0.2) is 62.0 Å². The quantitative estimate of drug-likeness (QED) is 0.545. The molecule has 0 aromatic carbocycles. The topological polar surface area (TPSA) is 70.8 Å². The molecule has 0 saturated carbocycles. The molecular formula is C20H22N2O4S3. The van der Waals surface area contributed by atoms with Gasteiger partial charge < -0.3 is 9.32 Å². The Labute approximate surface area is 178 Å². The van der Waals surface area contributed by atoms with Gasteiger partial charge in [-0.2, -0.15) is 4.31 Å². The molecule has 1 fully saturated rings. The van der Waals surface area contributed by atoms with Crippen molar-refractivity contribution < 1.29 is 17.6 Å². The SMILES string of the molecule is O=C(C1CCCN(S(=O)(=O)c2cccs2)C1)N(Cc1ccco1)Cc1cccs1. The van der Waals surface area contributed by atoms with Gasteiger partial charge in [0.2, 0.25) is 5.91 Å². The Kier molecular flexibility index (Phi) is 6.19. The third kappa shape index (κ3) is 4.63. The number of thiophene rings is 2. The molecule has 0 spiro atoms. The van der Waals surface area contributed by atoms with Gasteiger partial charge in [0.15, 0.2) is 0 Å². The lowest BCUT2D eigenvalue weighted by Gasteiger charge is -2.33. The zero-order chi connectivity index (χ0) is 20.3.